The summed E-state index contributed by atoms with van der Waals surface area (Å²) in [5.74, 6) is 0.522. The van der Waals surface area contributed by atoms with Crippen molar-refractivity contribution in [2.45, 2.75) is 25.9 Å². The SMILES string of the molecule is CCNC(=NCCC(F)(F)F)N(C)CCc1cccs1. The van der Waals surface area contributed by atoms with Crippen LogP contribution in [0.1, 0.15) is 18.2 Å². The molecule has 0 atom stereocenters. The minimum atomic E-state index is -4.16. The molecule has 1 aromatic rings. The van der Waals surface area contributed by atoms with E-state index in [1.807, 2.05) is 36.4 Å². The zero-order valence-corrected chi connectivity index (χ0v) is 12.5. The second kappa shape index (κ2) is 8.14. The summed E-state index contributed by atoms with van der Waals surface area (Å²) in [6.07, 6.45) is -4.19. The normalized spacial score (nSPS) is 12.6. The Bertz CT molecular complexity index is 401. The molecule has 0 unspecified atom stereocenters. The fourth-order valence-electron chi connectivity index (χ4n) is 1.60. The number of nitrogens with one attached hydrogen (secondary N) is 1. The van der Waals surface area contributed by atoms with Crippen molar-refractivity contribution in [2.75, 3.05) is 26.7 Å². The van der Waals surface area contributed by atoms with E-state index in [-0.39, 0.29) is 6.54 Å². The van der Waals surface area contributed by atoms with Crippen molar-refractivity contribution < 1.29 is 13.2 Å². The van der Waals surface area contributed by atoms with Gasteiger partial charge in [-0.2, -0.15) is 13.2 Å². The standard InChI is InChI=1S/C13H20F3N3S/c1-3-17-12(18-8-7-13(14,15)16)19(2)9-6-11-5-4-10-20-11/h4-5,10H,3,6-9H2,1-2H3,(H,17,18). The van der Waals surface area contributed by atoms with Crippen molar-refractivity contribution in [3.8, 4) is 0 Å². The molecule has 0 radical (unpaired) electrons. The minimum absolute atomic E-state index is 0.241. The van der Waals surface area contributed by atoms with Gasteiger partial charge in [-0.05, 0) is 24.8 Å². The van der Waals surface area contributed by atoms with E-state index in [9.17, 15) is 13.2 Å². The third-order valence-electron chi connectivity index (χ3n) is 2.63. The van der Waals surface area contributed by atoms with Crippen LogP contribution in [0, 0.1) is 0 Å². The highest BCUT2D eigenvalue weighted by atomic mass is 32.1. The lowest BCUT2D eigenvalue weighted by atomic mass is 10.3. The number of alkyl halides is 3. The summed E-state index contributed by atoms with van der Waals surface area (Å²) in [5.41, 5.74) is 0. The van der Waals surface area contributed by atoms with Gasteiger partial charge >= 0.3 is 6.18 Å². The van der Waals surface area contributed by atoms with Crippen LogP contribution in [0.2, 0.25) is 0 Å². The van der Waals surface area contributed by atoms with E-state index in [1.54, 1.807) is 11.3 Å². The molecule has 0 saturated heterocycles. The molecule has 3 nitrogen and oxygen atoms in total. The smallest absolute Gasteiger partial charge is 0.357 e. The first-order chi connectivity index (χ1) is 9.42. The largest absolute Gasteiger partial charge is 0.390 e. The number of nitrogens with zero attached hydrogens (tertiary/aromatic N) is 2. The predicted octanol–water partition coefficient (Wildman–Crippen LogP) is 3.14. The van der Waals surface area contributed by atoms with Crippen LogP contribution in [0.15, 0.2) is 22.5 Å². The van der Waals surface area contributed by atoms with Crippen LogP contribution >= 0.6 is 11.3 Å². The van der Waals surface area contributed by atoms with Gasteiger partial charge in [0.2, 0.25) is 0 Å². The Hall–Kier alpha value is -1.24. The molecule has 20 heavy (non-hydrogen) atoms. The summed E-state index contributed by atoms with van der Waals surface area (Å²) in [7, 11) is 1.84. The van der Waals surface area contributed by atoms with Crippen LogP contribution in [0.25, 0.3) is 0 Å². The molecule has 0 bridgehead atoms. The first kappa shape index (κ1) is 16.8. The third kappa shape index (κ3) is 6.79. The lowest BCUT2D eigenvalue weighted by Crippen LogP contribution is -2.40. The van der Waals surface area contributed by atoms with Crippen molar-refractivity contribution in [1.29, 1.82) is 0 Å². The van der Waals surface area contributed by atoms with Gasteiger partial charge in [0.25, 0.3) is 0 Å². The lowest BCUT2D eigenvalue weighted by molar-refractivity contribution is -0.132. The van der Waals surface area contributed by atoms with Gasteiger partial charge in [-0.1, -0.05) is 6.07 Å². The molecule has 0 saturated carbocycles. The van der Waals surface area contributed by atoms with Gasteiger partial charge in [0.15, 0.2) is 5.96 Å². The average molecular weight is 307 g/mol. The Morgan fingerprint density at radius 3 is 2.75 bits per heavy atom. The maximum atomic E-state index is 12.1. The lowest BCUT2D eigenvalue weighted by Gasteiger charge is -2.21. The molecular formula is C13H20F3N3S. The van der Waals surface area contributed by atoms with Gasteiger partial charge in [-0.25, -0.2) is 0 Å². The highest BCUT2D eigenvalue weighted by molar-refractivity contribution is 7.09. The summed E-state index contributed by atoms with van der Waals surface area (Å²) in [6.45, 7) is 3.01. The second-order valence-corrected chi connectivity index (χ2v) is 5.38. The molecule has 7 heteroatoms. The van der Waals surface area contributed by atoms with Gasteiger partial charge in [0, 0.05) is 25.0 Å². The highest BCUT2D eigenvalue weighted by Crippen LogP contribution is 2.19. The monoisotopic (exact) mass is 307 g/mol. The van der Waals surface area contributed by atoms with E-state index >= 15 is 0 Å². The predicted molar refractivity (Wildman–Crippen MR) is 77.3 cm³/mol. The highest BCUT2D eigenvalue weighted by Gasteiger charge is 2.26. The van der Waals surface area contributed by atoms with Crippen molar-refractivity contribution >= 4 is 17.3 Å². The molecule has 1 N–H and O–H groups in total. The van der Waals surface area contributed by atoms with E-state index < -0.39 is 12.6 Å². The molecule has 1 aromatic heterocycles. The summed E-state index contributed by atoms with van der Waals surface area (Å²) in [5, 5.41) is 5.02. The summed E-state index contributed by atoms with van der Waals surface area (Å²) in [4.78, 5) is 7.13. The van der Waals surface area contributed by atoms with Crippen molar-refractivity contribution in [3.05, 3.63) is 22.4 Å². The molecule has 0 aliphatic carbocycles. The molecule has 0 amide bonds. The average Bonchev–Trinajstić information content (AvgIpc) is 2.86. The molecule has 0 aliphatic rings. The number of thiophene rings is 1. The molecule has 1 heterocycles. The third-order valence-corrected chi connectivity index (χ3v) is 3.56. The molecule has 0 aromatic carbocycles. The maximum absolute atomic E-state index is 12.1. The Labute approximate surface area is 121 Å². The molecule has 0 aliphatic heterocycles. The van der Waals surface area contributed by atoms with Gasteiger partial charge in [0.05, 0.1) is 13.0 Å². The first-order valence-corrected chi connectivity index (χ1v) is 7.39. The Morgan fingerprint density at radius 2 is 2.20 bits per heavy atom. The molecule has 0 spiro atoms. The molecule has 1 rings (SSSR count). The number of likely N-dealkylation sites (N-methyl/N-ethyl adjacent to an activating group) is 1. The summed E-state index contributed by atoms with van der Waals surface area (Å²) < 4.78 is 36.4. The molecular weight excluding hydrogens is 287 g/mol. The van der Waals surface area contributed by atoms with Crippen LogP contribution in [0.4, 0.5) is 13.2 Å². The number of aliphatic imine (C=N–C) groups is 1. The number of hydrogen-bond donors (Lipinski definition) is 1. The van der Waals surface area contributed by atoms with Crippen molar-refractivity contribution in [3.63, 3.8) is 0 Å². The van der Waals surface area contributed by atoms with E-state index in [0.717, 1.165) is 13.0 Å². The van der Waals surface area contributed by atoms with Crippen molar-refractivity contribution in [1.82, 2.24) is 10.2 Å². The van der Waals surface area contributed by atoms with Crippen LogP contribution in [0.3, 0.4) is 0 Å². The van der Waals surface area contributed by atoms with Gasteiger partial charge in [0.1, 0.15) is 0 Å². The van der Waals surface area contributed by atoms with Crippen molar-refractivity contribution in [2.24, 2.45) is 4.99 Å². The molecule has 114 valence electrons. The fourth-order valence-corrected chi connectivity index (χ4v) is 2.30. The Morgan fingerprint density at radius 1 is 1.45 bits per heavy atom. The Kier molecular flexibility index (Phi) is 6.84. The summed E-state index contributed by atoms with van der Waals surface area (Å²) in [6, 6.07) is 4.04. The second-order valence-electron chi connectivity index (χ2n) is 4.35. The van der Waals surface area contributed by atoms with Crippen LogP contribution in [-0.4, -0.2) is 43.7 Å². The number of halogens is 3. The topological polar surface area (TPSA) is 27.6 Å². The Balaban J connectivity index is 2.48. The molecule has 0 fully saturated rings. The van der Waals surface area contributed by atoms with E-state index in [0.29, 0.717) is 12.5 Å². The van der Waals surface area contributed by atoms with Crippen LogP contribution < -0.4 is 5.32 Å². The summed E-state index contributed by atoms with van der Waals surface area (Å²) >= 11 is 1.68. The van der Waals surface area contributed by atoms with Gasteiger partial charge in [-0.3, -0.25) is 4.99 Å². The minimum Gasteiger partial charge on any atom is -0.357 e. The number of rotatable bonds is 6. The number of hydrogen-bond acceptors (Lipinski definition) is 2. The fraction of sp³-hybridized carbons (Fsp3) is 0.615. The maximum Gasteiger partial charge on any atom is 0.390 e. The zero-order valence-electron chi connectivity index (χ0n) is 11.7. The van der Waals surface area contributed by atoms with E-state index in [4.69, 9.17) is 0 Å². The van der Waals surface area contributed by atoms with Crippen LogP contribution in [-0.2, 0) is 6.42 Å². The zero-order chi connectivity index (χ0) is 15.0. The van der Waals surface area contributed by atoms with Gasteiger partial charge in [-0.15, -0.1) is 11.3 Å². The van der Waals surface area contributed by atoms with E-state index in [1.165, 1.54) is 4.88 Å². The first-order valence-electron chi connectivity index (χ1n) is 6.51. The quantitative estimate of drug-likeness (QED) is 0.646. The van der Waals surface area contributed by atoms with E-state index in [2.05, 4.69) is 10.3 Å². The van der Waals surface area contributed by atoms with Crippen LogP contribution in [0.5, 0.6) is 0 Å². The number of guanidine groups is 1. The van der Waals surface area contributed by atoms with Gasteiger partial charge < -0.3 is 10.2 Å².